The quantitative estimate of drug-likeness (QED) is 0.605. The fourth-order valence-electron chi connectivity index (χ4n) is 3.23. The minimum Gasteiger partial charge on any atom is -0.485 e. The minimum absolute atomic E-state index is 0.111. The molecule has 0 aliphatic heterocycles. The highest BCUT2D eigenvalue weighted by Gasteiger charge is 2.32. The summed E-state index contributed by atoms with van der Waals surface area (Å²) in [7, 11) is 0. The van der Waals surface area contributed by atoms with Gasteiger partial charge in [-0.1, -0.05) is 23.2 Å². The van der Waals surface area contributed by atoms with Gasteiger partial charge in [0.25, 0.3) is 0 Å². The predicted molar refractivity (Wildman–Crippen MR) is 106 cm³/mol. The topological polar surface area (TPSA) is 53.4 Å². The van der Waals surface area contributed by atoms with Gasteiger partial charge in [-0.15, -0.1) is 0 Å². The number of hydrogen-bond acceptors (Lipinski definition) is 4. The number of carbonyl (C=O) groups excluding carboxylic acids is 1. The van der Waals surface area contributed by atoms with Crippen LogP contribution in [-0.4, -0.2) is 27.5 Å². The van der Waals surface area contributed by atoms with Crippen LogP contribution >= 0.6 is 23.2 Å². The average Bonchev–Trinajstić information content (AvgIpc) is 2.93. The van der Waals surface area contributed by atoms with E-state index in [2.05, 4.69) is 5.10 Å². The standard InChI is InChI=1S/C20H23Cl2FN2O3/c1-11(20(3,4)28-12(2)26)27-18-10-17(15(23)9-14(18)21)25-19(22)13-7-5-6-8-16(13)24-25/h9-11H,5-8H2,1-4H3. The summed E-state index contributed by atoms with van der Waals surface area (Å²) in [5.41, 5.74) is 1.13. The van der Waals surface area contributed by atoms with E-state index in [0.29, 0.717) is 5.15 Å². The van der Waals surface area contributed by atoms with Crippen molar-refractivity contribution in [3.05, 3.63) is 39.4 Å². The third-order valence-corrected chi connectivity index (χ3v) is 5.70. The molecule has 1 atom stereocenters. The first-order chi connectivity index (χ1) is 13.1. The van der Waals surface area contributed by atoms with Gasteiger partial charge in [0.2, 0.25) is 0 Å². The maximum Gasteiger partial charge on any atom is 0.303 e. The fourth-order valence-corrected chi connectivity index (χ4v) is 3.76. The van der Waals surface area contributed by atoms with Crippen molar-refractivity contribution in [2.24, 2.45) is 0 Å². The maximum atomic E-state index is 14.7. The van der Waals surface area contributed by atoms with Gasteiger partial charge in [0.15, 0.2) is 5.82 Å². The van der Waals surface area contributed by atoms with E-state index in [-0.39, 0.29) is 16.5 Å². The summed E-state index contributed by atoms with van der Waals surface area (Å²) in [6.07, 6.45) is 3.21. The van der Waals surface area contributed by atoms with E-state index in [4.69, 9.17) is 32.7 Å². The molecule has 0 fully saturated rings. The number of aryl methyl sites for hydroxylation is 1. The monoisotopic (exact) mass is 428 g/mol. The van der Waals surface area contributed by atoms with Crippen molar-refractivity contribution in [2.45, 2.75) is 65.1 Å². The first-order valence-corrected chi connectivity index (χ1v) is 9.97. The molecule has 0 bridgehead atoms. The lowest BCUT2D eigenvalue weighted by atomic mass is 9.99. The molecular formula is C20H23Cl2FN2O3. The van der Waals surface area contributed by atoms with Crippen LogP contribution in [0.2, 0.25) is 10.2 Å². The molecule has 0 N–H and O–H groups in total. The van der Waals surface area contributed by atoms with Crippen LogP contribution in [0.1, 0.15) is 51.8 Å². The number of nitrogens with zero attached hydrogens (tertiary/aromatic N) is 2. The lowest BCUT2D eigenvalue weighted by Crippen LogP contribution is -2.42. The zero-order valence-electron chi connectivity index (χ0n) is 16.3. The third-order valence-electron chi connectivity index (χ3n) is 5.01. The van der Waals surface area contributed by atoms with E-state index in [1.54, 1.807) is 20.8 Å². The van der Waals surface area contributed by atoms with Crippen LogP contribution in [0.25, 0.3) is 5.69 Å². The van der Waals surface area contributed by atoms with Gasteiger partial charge in [-0.2, -0.15) is 5.10 Å². The van der Waals surface area contributed by atoms with Gasteiger partial charge >= 0.3 is 5.97 Å². The molecule has 1 unspecified atom stereocenters. The Bertz CT molecular complexity index is 911. The molecule has 8 heteroatoms. The number of esters is 1. The number of benzene rings is 1. The van der Waals surface area contributed by atoms with Gasteiger partial charge in [0, 0.05) is 18.6 Å². The van der Waals surface area contributed by atoms with E-state index in [9.17, 15) is 9.18 Å². The fraction of sp³-hybridized carbons (Fsp3) is 0.500. The Hall–Kier alpha value is -1.79. The molecule has 0 spiro atoms. The second kappa shape index (κ2) is 7.91. The highest BCUT2D eigenvalue weighted by Crippen LogP contribution is 2.35. The lowest BCUT2D eigenvalue weighted by Gasteiger charge is -2.31. The highest BCUT2D eigenvalue weighted by atomic mass is 35.5. The number of halogens is 3. The van der Waals surface area contributed by atoms with Crippen molar-refractivity contribution in [1.29, 1.82) is 0 Å². The zero-order chi connectivity index (χ0) is 20.6. The molecule has 0 saturated carbocycles. The van der Waals surface area contributed by atoms with Crippen molar-refractivity contribution in [3.63, 3.8) is 0 Å². The summed E-state index contributed by atoms with van der Waals surface area (Å²) in [6, 6.07) is 2.65. The predicted octanol–water partition coefficient (Wildman–Crippen LogP) is 5.31. The molecule has 1 aliphatic carbocycles. The van der Waals surface area contributed by atoms with E-state index >= 15 is 0 Å². The number of aromatic nitrogens is 2. The Morgan fingerprint density at radius 3 is 2.61 bits per heavy atom. The molecule has 152 valence electrons. The van der Waals surface area contributed by atoms with Gasteiger partial charge in [-0.3, -0.25) is 4.79 Å². The Balaban J connectivity index is 1.96. The van der Waals surface area contributed by atoms with Crippen molar-refractivity contribution in [1.82, 2.24) is 9.78 Å². The first-order valence-electron chi connectivity index (χ1n) is 9.22. The third kappa shape index (κ3) is 4.13. The molecule has 1 aromatic carbocycles. The number of carbonyl (C=O) groups is 1. The van der Waals surface area contributed by atoms with E-state index in [0.717, 1.165) is 36.9 Å². The van der Waals surface area contributed by atoms with Crippen LogP contribution in [0.5, 0.6) is 5.75 Å². The molecular weight excluding hydrogens is 406 g/mol. The van der Waals surface area contributed by atoms with Crippen LogP contribution < -0.4 is 4.74 Å². The highest BCUT2D eigenvalue weighted by molar-refractivity contribution is 6.32. The van der Waals surface area contributed by atoms with Crippen LogP contribution in [-0.2, 0) is 22.4 Å². The lowest BCUT2D eigenvalue weighted by molar-refractivity contribution is -0.161. The molecule has 5 nitrogen and oxygen atoms in total. The number of hydrogen-bond donors (Lipinski definition) is 0. The summed E-state index contributed by atoms with van der Waals surface area (Å²) < 4.78 is 27.3. The van der Waals surface area contributed by atoms with Crippen LogP contribution in [0.15, 0.2) is 12.1 Å². The Morgan fingerprint density at radius 1 is 1.29 bits per heavy atom. The number of fused-ring (bicyclic) bond motifs is 1. The van der Waals surface area contributed by atoms with E-state index < -0.39 is 23.5 Å². The van der Waals surface area contributed by atoms with Crippen LogP contribution in [0.3, 0.4) is 0 Å². The van der Waals surface area contributed by atoms with Crippen LogP contribution in [0, 0.1) is 5.82 Å². The molecule has 1 aromatic heterocycles. The first kappa shape index (κ1) is 20.9. The largest absolute Gasteiger partial charge is 0.485 e. The maximum absolute atomic E-state index is 14.7. The molecule has 28 heavy (non-hydrogen) atoms. The van der Waals surface area contributed by atoms with E-state index in [1.807, 2.05) is 0 Å². The molecule has 0 saturated heterocycles. The summed E-state index contributed by atoms with van der Waals surface area (Å²) in [5.74, 6) is -0.707. The second-order valence-electron chi connectivity index (χ2n) is 7.53. The van der Waals surface area contributed by atoms with Crippen LogP contribution in [0.4, 0.5) is 4.39 Å². The van der Waals surface area contributed by atoms with Gasteiger partial charge in [0.1, 0.15) is 28.3 Å². The van der Waals surface area contributed by atoms with Crippen molar-refractivity contribution in [2.75, 3.05) is 0 Å². The van der Waals surface area contributed by atoms with Gasteiger partial charge in [-0.25, -0.2) is 9.07 Å². The van der Waals surface area contributed by atoms with Gasteiger partial charge in [-0.05, 0) is 52.5 Å². The van der Waals surface area contributed by atoms with Crippen molar-refractivity contribution in [3.8, 4) is 11.4 Å². The molecule has 0 radical (unpaired) electrons. The summed E-state index contributed by atoms with van der Waals surface area (Å²) >= 11 is 12.7. The second-order valence-corrected chi connectivity index (χ2v) is 8.29. The van der Waals surface area contributed by atoms with Crippen molar-refractivity contribution < 1.29 is 18.7 Å². The van der Waals surface area contributed by atoms with Gasteiger partial charge < -0.3 is 9.47 Å². The van der Waals surface area contributed by atoms with E-state index in [1.165, 1.54) is 23.7 Å². The van der Waals surface area contributed by atoms with Crippen molar-refractivity contribution >= 4 is 29.2 Å². The molecule has 1 heterocycles. The Morgan fingerprint density at radius 2 is 1.96 bits per heavy atom. The smallest absolute Gasteiger partial charge is 0.303 e. The molecule has 1 aliphatic rings. The minimum atomic E-state index is -0.897. The Kier molecular flexibility index (Phi) is 5.92. The average molecular weight is 429 g/mol. The molecule has 3 rings (SSSR count). The Labute approximate surface area is 173 Å². The summed E-state index contributed by atoms with van der Waals surface area (Å²) in [6.45, 7) is 6.55. The zero-order valence-corrected chi connectivity index (χ0v) is 17.8. The normalized spacial score (nSPS) is 15.1. The van der Waals surface area contributed by atoms with Gasteiger partial charge in [0.05, 0.1) is 10.7 Å². The number of ether oxygens (including phenoxy) is 2. The molecule has 2 aromatic rings. The SMILES string of the molecule is CC(=O)OC(C)(C)C(C)Oc1cc(-n2nc3c(c2Cl)CCCC3)c(F)cc1Cl. The summed E-state index contributed by atoms with van der Waals surface area (Å²) in [4.78, 5) is 11.3. The number of rotatable bonds is 5. The molecule has 0 amide bonds. The summed E-state index contributed by atoms with van der Waals surface area (Å²) in [5, 5.41) is 5.02.